The van der Waals surface area contributed by atoms with E-state index in [-0.39, 0.29) is 10.6 Å². The summed E-state index contributed by atoms with van der Waals surface area (Å²) in [4.78, 5) is 17.4. The number of rotatable bonds is 1. The predicted molar refractivity (Wildman–Crippen MR) is 63.4 cm³/mol. The van der Waals surface area contributed by atoms with Crippen LogP contribution in [0.25, 0.3) is 0 Å². The molecule has 2 rings (SSSR count). The smallest absolute Gasteiger partial charge is 0.285 e. The van der Waals surface area contributed by atoms with Crippen LogP contribution in [-0.4, -0.2) is 42.7 Å². The SMILES string of the molecule is CN=C1CN(c2cn[nH]c(=O)c2Cl)CCN1. The second-order valence-electron chi connectivity index (χ2n) is 3.42. The first kappa shape index (κ1) is 10.9. The van der Waals surface area contributed by atoms with E-state index in [0.717, 1.165) is 18.9 Å². The van der Waals surface area contributed by atoms with Gasteiger partial charge >= 0.3 is 0 Å². The van der Waals surface area contributed by atoms with E-state index in [4.69, 9.17) is 11.6 Å². The molecule has 16 heavy (non-hydrogen) atoms. The maximum atomic E-state index is 11.3. The summed E-state index contributed by atoms with van der Waals surface area (Å²) in [5, 5.41) is 9.38. The van der Waals surface area contributed by atoms with Gasteiger partial charge in [-0.2, -0.15) is 5.10 Å². The van der Waals surface area contributed by atoms with Gasteiger partial charge in [-0.25, -0.2) is 5.10 Å². The minimum absolute atomic E-state index is 0.173. The van der Waals surface area contributed by atoms with Gasteiger partial charge in [-0.15, -0.1) is 0 Å². The van der Waals surface area contributed by atoms with Crippen LogP contribution in [0.5, 0.6) is 0 Å². The number of piperazine rings is 1. The van der Waals surface area contributed by atoms with E-state index >= 15 is 0 Å². The van der Waals surface area contributed by atoms with Gasteiger partial charge in [0.25, 0.3) is 5.56 Å². The molecule has 0 radical (unpaired) electrons. The maximum absolute atomic E-state index is 11.3. The van der Waals surface area contributed by atoms with Gasteiger partial charge in [0, 0.05) is 20.1 Å². The van der Waals surface area contributed by atoms with Gasteiger partial charge in [0.15, 0.2) is 0 Å². The van der Waals surface area contributed by atoms with Crippen molar-refractivity contribution in [1.82, 2.24) is 15.5 Å². The topological polar surface area (TPSA) is 73.4 Å². The Hall–Kier alpha value is -1.56. The number of anilines is 1. The molecule has 1 aliphatic rings. The van der Waals surface area contributed by atoms with Gasteiger partial charge in [0.05, 0.1) is 18.4 Å². The molecule has 2 N–H and O–H groups in total. The minimum atomic E-state index is -0.368. The second-order valence-corrected chi connectivity index (χ2v) is 3.79. The Labute approximate surface area is 97.3 Å². The Bertz CT molecular complexity index is 469. The number of hydrogen-bond acceptors (Lipinski definition) is 4. The van der Waals surface area contributed by atoms with E-state index in [1.54, 1.807) is 13.2 Å². The number of nitrogens with zero attached hydrogens (tertiary/aromatic N) is 3. The normalized spacial score (nSPS) is 18.6. The molecule has 1 aromatic heterocycles. The highest BCUT2D eigenvalue weighted by Gasteiger charge is 2.18. The van der Waals surface area contributed by atoms with Crippen LogP contribution in [0.1, 0.15) is 0 Å². The molecule has 1 saturated heterocycles. The second kappa shape index (κ2) is 4.52. The summed E-state index contributed by atoms with van der Waals surface area (Å²) < 4.78 is 0. The molecule has 0 saturated carbocycles. The summed E-state index contributed by atoms with van der Waals surface area (Å²) in [5.74, 6) is 0.877. The molecule has 0 amide bonds. The number of amidine groups is 1. The molecule has 0 bridgehead atoms. The lowest BCUT2D eigenvalue weighted by atomic mass is 10.3. The van der Waals surface area contributed by atoms with Crippen molar-refractivity contribution in [2.45, 2.75) is 0 Å². The van der Waals surface area contributed by atoms with Crippen molar-refractivity contribution in [3.63, 3.8) is 0 Å². The molecule has 0 aliphatic carbocycles. The quantitative estimate of drug-likeness (QED) is 0.718. The molecular weight excluding hydrogens is 230 g/mol. The van der Waals surface area contributed by atoms with Crippen LogP contribution in [0.15, 0.2) is 16.0 Å². The molecule has 1 aromatic rings. The number of hydrogen-bond donors (Lipinski definition) is 2. The van der Waals surface area contributed by atoms with Crippen LogP contribution in [-0.2, 0) is 0 Å². The highest BCUT2D eigenvalue weighted by Crippen LogP contribution is 2.20. The van der Waals surface area contributed by atoms with Crippen LogP contribution in [0.2, 0.25) is 5.02 Å². The van der Waals surface area contributed by atoms with Gasteiger partial charge in [0.1, 0.15) is 10.9 Å². The van der Waals surface area contributed by atoms with E-state index in [0.29, 0.717) is 12.2 Å². The first-order chi connectivity index (χ1) is 7.72. The molecule has 0 spiro atoms. The van der Waals surface area contributed by atoms with Crippen molar-refractivity contribution in [3.8, 4) is 0 Å². The number of aromatic nitrogens is 2. The summed E-state index contributed by atoms with van der Waals surface area (Å²) in [6, 6.07) is 0. The van der Waals surface area contributed by atoms with Crippen molar-refractivity contribution in [2.24, 2.45) is 4.99 Å². The zero-order valence-electron chi connectivity index (χ0n) is 8.83. The number of nitrogens with one attached hydrogen (secondary N) is 2. The zero-order chi connectivity index (χ0) is 11.5. The monoisotopic (exact) mass is 241 g/mol. The van der Waals surface area contributed by atoms with Crippen molar-refractivity contribution < 1.29 is 0 Å². The van der Waals surface area contributed by atoms with Gasteiger partial charge in [-0.1, -0.05) is 11.6 Å². The molecule has 1 aliphatic heterocycles. The summed E-state index contributed by atoms with van der Waals surface area (Å²) >= 11 is 5.93. The highest BCUT2D eigenvalue weighted by atomic mass is 35.5. The van der Waals surface area contributed by atoms with Gasteiger partial charge in [-0.05, 0) is 0 Å². The van der Waals surface area contributed by atoms with Crippen molar-refractivity contribution in [2.75, 3.05) is 31.6 Å². The third-order valence-electron chi connectivity index (χ3n) is 2.44. The van der Waals surface area contributed by atoms with E-state index < -0.39 is 0 Å². The predicted octanol–water partition coefficient (Wildman–Crippen LogP) is -0.139. The molecule has 6 nitrogen and oxygen atoms in total. The highest BCUT2D eigenvalue weighted by molar-refractivity contribution is 6.33. The summed E-state index contributed by atoms with van der Waals surface area (Å²) in [5.41, 5.74) is 0.278. The number of halogens is 1. The van der Waals surface area contributed by atoms with Crippen LogP contribution < -0.4 is 15.8 Å². The number of aliphatic imine (C=N–C) groups is 1. The Morgan fingerprint density at radius 2 is 2.44 bits per heavy atom. The van der Waals surface area contributed by atoms with Crippen LogP contribution in [0.4, 0.5) is 5.69 Å². The molecule has 0 unspecified atom stereocenters. The Morgan fingerprint density at radius 3 is 3.19 bits per heavy atom. The Balaban J connectivity index is 2.30. The summed E-state index contributed by atoms with van der Waals surface area (Å²) in [7, 11) is 1.73. The lowest BCUT2D eigenvalue weighted by molar-refractivity contribution is 0.738. The average Bonchev–Trinajstić information content (AvgIpc) is 2.33. The van der Waals surface area contributed by atoms with E-state index in [9.17, 15) is 4.79 Å². The minimum Gasteiger partial charge on any atom is -0.371 e. The lowest BCUT2D eigenvalue weighted by Gasteiger charge is -2.30. The fourth-order valence-electron chi connectivity index (χ4n) is 1.60. The van der Waals surface area contributed by atoms with E-state index in [2.05, 4.69) is 20.5 Å². The summed E-state index contributed by atoms with van der Waals surface area (Å²) in [6.07, 6.45) is 1.56. The molecule has 1 fully saturated rings. The average molecular weight is 242 g/mol. The fourth-order valence-corrected chi connectivity index (χ4v) is 1.81. The molecule has 7 heteroatoms. The van der Waals surface area contributed by atoms with Crippen LogP contribution in [0, 0.1) is 0 Å². The van der Waals surface area contributed by atoms with Crippen molar-refractivity contribution in [1.29, 1.82) is 0 Å². The van der Waals surface area contributed by atoms with Crippen LogP contribution >= 0.6 is 11.6 Å². The molecule has 0 atom stereocenters. The first-order valence-electron chi connectivity index (χ1n) is 4.90. The van der Waals surface area contributed by atoms with Crippen molar-refractivity contribution in [3.05, 3.63) is 21.6 Å². The van der Waals surface area contributed by atoms with E-state index in [1.165, 1.54) is 0 Å². The lowest BCUT2D eigenvalue weighted by Crippen LogP contribution is -2.48. The fraction of sp³-hybridized carbons (Fsp3) is 0.444. The molecular formula is C9H12ClN5O. The molecule has 2 heterocycles. The van der Waals surface area contributed by atoms with Gasteiger partial charge < -0.3 is 10.2 Å². The molecule has 0 aromatic carbocycles. The van der Waals surface area contributed by atoms with Gasteiger partial charge in [-0.3, -0.25) is 9.79 Å². The number of aromatic amines is 1. The number of H-pyrrole nitrogens is 1. The van der Waals surface area contributed by atoms with E-state index in [1.807, 2.05) is 4.90 Å². The Kier molecular flexibility index (Phi) is 3.09. The molecule has 86 valence electrons. The zero-order valence-corrected chi connectivity index (χ0v) is 9.58. The third-order valence-corrected chi connectivity index (χ3v) is 2.80. The summed E-state index contributed by atoms with van der Waals surface area (Å²) in [6.45, 7) is 2.15. The largest absolute Gasteiger partial charge is 0.371 e. The third kappa shape index (κ3) is 2.01. The first-order valence-corrected chi connectivity index (χ1v) is 5.28. The standard InChI is InChI=1S/C9H12ClN5O/c1-11-7-5-15(3-2-12-7)6-4-13-14-9(16)8(6)10/h4H,2-3,5H2,1H3,(H,11,12)(H,14,16). The Morgan fingerprint density at radius 1 is 1.62 bits per heavy atom. The van der Waals surface area contributed by atoms with Crippen LogP contribution in [0.3, 0.4) is 0 Å². The van der Waals surface area contributed by atoms with Gasteiger partial charge in [0.2, 0.25) is 0 Å². The maximum Gasteiger partial charge on any atom is 0.285 e. The van der Waals surface area contributed by atoms with Crippen molar-refractivity contribution >= 4 is 23.1 Å².